The van der Waals surface area contributed by atoms with Crippen LogP contribution in [0.4, 0.5) is 0 Å². The van der Waals surface area contributed by atoms with Crippen molar-refractivity contribution in [3.63, 3.8) is 0 Å². The van der Waals surface area contributed by atoms with E-state index in [0.29, 0.717) is 10.7 Å². The van der Waals surface area contributed by atoms with Gasteiger partial charge in [0, 0.05) is 30.5 Å². The van der Waals surface area contributed by atoms with Crippen molar-refractivity contribution in [3.8, 4) is 0 Å². The molecule has 1 heterocycles. The van der Waals surface area contributed by atoms with Gasteiger partial charge in [-0.3, -0.25) is 0 Å². The molecule has 0 aliphatic heterocycles. The average molecular weight is 315 g/mol. The summed E-state index contributed by atoms with van der Waals surface area (Å²) in [6, 6.07) is 9.48. The van der Waals surface area contributed by atoms with E-state index in [4.69, 9.17) is 11.6 Å². The Hall–Kier alpha value is -1.34. The van der Waals surface area contributed by atoms with Crippen molar-refractivity contribution >= 4 is 21.6 Å². The number of rotatable bonds is 5. The van der Waals surface area contributed by atoms with Gasteiger partial charge in [0.05, 0.1) is 4.90 Å². The molecule has 0 spiro atoms. The zero-order chi connectivity index (χ0) is 14.8. The van der Waals surface area contributed by atoms with Crippen LogP contribution in [0.2, 0.25) is 5.02 Å². The van der Waals surface area contributed by atoms with E-state index in [0.717, 1.165) is 0 Å². The fourth-order valence-electron chi connectivity index (χ4n) is 1.83. The van der Waals surface area contributed by atoms with Gasteiger partial charge in [0.25, 0.3) is 0 Å². The van der Waals surface area contributed by atoms with Gasteiger partial charge in [-0.15, -0.1) is 0 Å². The zero-order valence-corrected chi connectivity index (χ0v) is 12.4. The average Bonchev–Trinajstić information content (AvgIpc) is 2.82. The van der Waals surface area contributed by atoms with Gasteiger partial charge in [0.15, 0.2) is 0 Å². The number of hydrogen-bond acceptors (Lipinski definition) is 3. The van der Waals surface area contributed by atoms with Gasteiger partial charge in [-0.25, -0.2) is 13.1 Å². The van der Waals surface area contributed by atoms with Gasteiger partial charge in [-0.2, -0.15) is 0 Å². The lowest BCUT2D eigenvalue weighted by molar-refractivity contribution is 0.173. The third kappa shape index (κ3) is 3.40. The first-order valence-electron chi connectivity index (χ1n) is 5.94. The molecule has 7 heteroatoms. The Morgan fingerprint density at radius 1 is 1.35 bits per heavy atom. The van der Waals surface area contributed by atoms with Crippen molar-refractivity contribution in [2.75, 3.05) is 6.54 Å². The van der Waals surface area contributed by atoms with E-state index in [1.54, 1.807) is 42.1 Å². The highest BCUT2D eigenvalue weighted by Gasteiger charge is 2.18. The highest BCUT2D eigenvalue weighted by molar-refractivity contribution is 7.89. The molecule has 0 saturated heterocycles. The molecule has 2 rings (SSSR count). The van der Waals surface area contributed by atoms with Crippen LogP contribution in [0.3, 0.4) is 0 Å². The fourth-order valence-corrected chi connectivity index (χ4v) is 3.17. The molecule has 0 saturated carbocycles. The van der Waals surface area contributed by atoms with E-state index in [1.807, 2.05) is 0 Å². The molecule has 0 radical (unpaired) electrons. The largest absolute Gasteiger partial charge is 0.386 e. The number of halogens is 1. The summed E-state index contributed by atoms with van der Waals surface area (Å²) in [6.45, 7) is -0.104. The third-order valence-electron chi connectivity index (χ3n) is 2.90. The lowest BCUT2D eigenvalue weighted by atomic mass is 10.2. The smallest absolute Gasteiger partial charge is 0.240 e. The third-order valence-corrected chi connectivity index (χ3v) is 4.55. The molecule has 0 amide bonds. The van der Waals surface area contributed by atoms with E-state index < -0.39 is 16.1 Å². The molecule has 0 fully saturated rings. The molecule has 0 aliphatic rings. The Labute approximate surface area is 122 Å². The molecule has 5 nitrogen and oxygen atoms in total. The summed E-state index contributed by atoms with van der Waals surface area (Å²) in [5.74, 6) is 0. The molecule has 2 aromatic rings. The number of nitrogens with zero attached hydrogens (tertiary/aromatic N) is 1. The van der Waals surface area contributed by atoms with Gasteiger partial charge in [-0.05, 0) is 30.3 Å². The van der Waals surface area contributed by atoms with Crippen LogP contribution in [0.25, 0.3) is 0 Å². The van der Waals surface area contributed by atoms with Crippen LogP contribution >= 0.6 is 11.6 Å². The van der Waals surface area contributed by atoms with Gasteiger partial charge in [0.1, 0.15) is 6.10 Å². The lowest BCUT2D eigenvalue weighted by Gasteiger charge is -2.13. The molecule has 20 heavy (non-hydrogen) atoms. The summed E-state index contributed by atoms with van der Waals surface area (Å²) in [4.78, 5) is 0.0732. The normalized spacial score (nSPS) is 13.3. The van der Waals surface area contributed by atoms with Crippen LogP contribution in [0.1, 0.15) is 11.8 Å². The van der Waals surface area contributed by atoms with Crippen molar-refractivity contribution in [1.29, 1.82) is 0 Å². The minimum Gasteiger partial charge on any atom is -0.386 e. The first-order chi connectivity index (χ1) is 9.40. The maximum absolute atomic E-state index is 12.1. The summed E-state index contributed by atoms with van der Waals surface area (Å²) in [6.07, 6.45) is 0.869. The Balaban J connectivity index is 2.08. The number of aromatic nitrogens is 1. The molecular formula is C13H15ClN2O3S. The van der Waals surface area contributed by atoms with Crippen molar-refractivity contribution < 1.29 is 13.5 Å². The van der Waals surface area contributed by atoms with E-state index in [9.17, 15) is 13.5 Å². The molecule has 1 aromatic carbocycles. The van der Waals surface area contributed by atoms with E-state index in [-0.39, 0.29) is 11.4 Å². The maximum Gasteiger partial charge on any atom is 0.240 e. The van der Waals surface area contributed by atoms with Gasteiger partial charge >= 0.3 is 0 Å². The molecule has 1 unspecified atom stereocenters. The van der Waals surface area contributed by atoms with Crippen LogP contribution in [0, 0.1) is 0 Å². The Morgan fingerprint density at radius 3 is 2.70 bits per heavy atom. The first kappa shape index (κ1) is 15.1. The minimum atomic E-state index is -3.69. The lowest BCUT2D eigenvalue weighted by Crippen LogP contribution is -2.29. The van der Waals surface area contributed by atoms with Crippen molar-refractivity contribution in [2.24, 2.45) is 7.05 Å². The number of aliphatic hydroxyl groups excluding tert-OH is 1. The monoisotopic (exact) mass is 314 g/mol. The number of nitrogens with one attached hydrogen (secondary N) is 1. The van der Waals surface area contributed by atoms with Crippen LogP contribution in [-0.4, -0.2) is 24.6 Å². The highest BCUT2D eigenvalue weighted by Crippen LogP contribution is 2.16. The van der Waals surface area contributed by atoms with Gasteiger partial charge in [0.2, 0.25) is 10.0 Å². The van der Waals surface area contributed by atoms with E-state index in [1.165, 1.54) is 12.1 Å². The van der Waals surface area contributed by atoms with Crippen LogP contribution in [0.15, 0.2) is 47.5 Å². The van der Waals surface area contributed by atoms with Gasteiger partial charge in [-0.1, -0.05) is 17.7 Å². The summed E-state index contributed by atoms with van der Waals surface area (Å²) < 4.78 is 28.2. The van der Waals surface area contributed by atoms with E-state index >= 15 is 0 Å². The summed E-state index contributed by atoms with van der Waals surface area (Å²) >= 11 is 5.77. The van der Waals surface area contributed by atoms with Crippen molar-refractivity contribution in [2.45, 2.75) is 11.0 Å². The zero-order valence-electron chi connectivity index (χ0n) is 10.8. The SMILES string of the molecule is Cn1cccc1C(O)CNS(=O)(=O)c1cccc(Cl)c1. The van der Waals surface area contributed by atoms with Crippen LogP contribution < -0.4 is 4.72 Å². The number of sulfonamides is 1. The summed E-state index contributed by atoms with van der Waals surface area (Å²) in [5, 5.41) is 10.3. The van der Waals surface area contributed by atoms with Crippen molar-refractivity contribution in [1.82, 2.24) is 9.29 Å². The maximum atomic E-state index is 12.1. The molecule has 0 bridgehead atoms. The minimum absolute atomic E-state index is 0.0732. The second kappa shape index (κ2) is 5.97. The van der Waals surface area contributed by atoms with E-state index in [2.05, 4.69) is 4.72 Å². The summed E-state index contributed by atoms with van der Waals surface area (Å²) in [7, 11) is -1.90. The Bertz CT molecular complexity index is 697. The number of benzene rings is 1. The number of hydrogen-bond donors (Lipinski definition) is 2. The first-order valence-corrected chi connectivity index (χ1v) is 7.81. The van der Waals surface area contributed by atoms with Gasteiger partial charge < -0.3 is 9.67 Å². The number of aryl methyl sites for hydroxylation is 1. The predicted octanol–water partition coefficient (Wildman–Crippen LogP) is 1.69. The fraction of sp³-hybridized carbons (Fsp3) is 0.231. The topological polar surface area (TPSA) is 71.3 Å². The van der Waals surface area contributed by atoms with Crippen molar-refractivity contribution in [3.05, 3.63) is 53.3 Å². The van der Waals surface area contributed by atoms with Crippen LogP contribution in [0.5, 0.6) is 0 Å². The molecule has 2 N–H and O–H groups in total. The number of aliphatic hydroxyl groups is 1. The second-order valence-corrected chi connectivity index (χ2v) is 6.57. The molecular weight excluding hydrogens is 300 g/mol. The Morgan fingerprint density at radius 2 is 2.10 bits per heavy atom. The quantitative estimate of drug-likeness (QED) is 0.882. The molecule has 1 aromatic heterocycles. The molecule has 108 valence electrons. The molecule has 0 aliphatic carbocycles. The highest BCUT2D eigenvalue weighted by atomic mass is 35.5. The Kier molecular flexibility index (Phi) is 4.49. The van der Waals surface area contributed by atoms with Crippen LogP contribution in [-0.2, 0) is 17.1 Å². The molecule has 1 atom stereocenters. The second-order valence-electron chi connectivity index (χ2n) is 4.37. The summed E-state index contributed by atoms with van der Waals surface area (Å²) in [5.41, 5.74) is 0.638. The standard InChI is InChI=1S/C13H15ClN2O3S/c1-16-7-3-6-12(16)13(17)9-15-20(18,19)11-5-2-4-10(14)8-11/h2-8,13,15,17H,9H2,1H3. The predicted molar refractivity (Wildman–Crippen MR) is 77.0 cm³/mol.